The lowest BCUT2D eigenvalue weighted by Crippen LogP contribution is -2.06. The molecule has 1 nitrogen and oxygen atoms in total. The molecule has 0 fully saturated rings. The Kier molecular flexibility index (Phi) is 3.90. The molecular formula is C15H13F3O. The van der Waals surface area contributed by atoms with Gasteiger partial charge in [0.05, 0.1) is 6.10 Å². The number of aliphatic hydroxyl groups excluding tert-OH is 1. The van der Waals surface area contributed by atoms with E-state index in [0.717, 1.165) is 18.2 Å². The van der Waals surface area contributed by atoms with E-state index in [2.05, 4.69) is 0 Å². The van der Waals surface area contributed by atoms with Crippen LogP contribution in [-0.4, -0.2) is 5.11 Å². The van der Waals surface area contributed by atoms with Crippen molar-refractivity contribution in [1.29, 1.82) is 0 Å². The van der Waals surface area contributed by atoms with Gasteiger partial charge in [0.2, 0.25) is 0 Å². The first-order valence-corrected chi connectivity index (χ1v) is 5.85. The molecular weight excluding hydrogens is 253 g/mol. The van der Waals surface area contributed by atoms with Crippen molar-refractivity contribution in [3.05, 3.63) is 70.5 Å². The van der Waals surface area contributed by atoms with Gasteiger partial charge in [0.1, 0.15) is 17.5 Å². The topological polar surface area (TPSA) is 20.2 Å². The molecule has 0 saturated heterocycles. The van der Waals surface area contributed by atoms with Gasteiger partial charge in [0.15, 0.2) is 0 Å². The minimum absolute atomic E-state index is 0.0938. The maximum Gasteiger partial charge on any atom is 0.129 e. The molecule has 4 heteroatoms. The number of rotatable bonds is 3. The van der Waals surface area contributed by atoms with E-state index in [1.807, 2.05) is 0 Å². The van der Waals surface area contributed by atoms with Gasteiger partial charge in [-0.1, -0.05) is 6.07 Å². The lowest BCUT2D eigenvalue weighted by Gasteiger charge is -2.14. The first-order valence-electron chi connectivity index (χ1n) is 5.85. The molecule has 0 aliphatic rings. The first kappa shape index (κ1) is 13.6. The van der Waals surface area contributed by atoms with Gasteiger partial charge in [-0.2, -0.15) is 0 Å². The Balaban J connectivity index is 2.25. The quantitative estimate of drug-likeness (QED) is 0.898. The Labute approximate surface area is 109 Å². The highest BCUT2D eigenvalue weighted by Gasteiger charge is 2.15. The van der Waals surface area contributed by atoms with Gasteiger partial charge in [-0.15, -0.1) is 0 Å². The van der Waals surface area contributed by atoms with E-state index in [-0.39, 0.29) is 17.8 Å². The molecule has 2 aromatic carbocycles. The van der Waals surface area contributed by atoms with Crippen LogP contribution < -0.4 is 0 Å². The maximum absolute atomic E-state index is 13.5. The molecule has 19 heavy (non-hydrogen) atoms. The van der Waals surface area contributed by atoms with Crippen LogP contribution in [0.1, 0.15) is 22.8 Å². The molecule has 0 saturated carbocycles. The van der Waals surface area contributed by atoms with E-state index in [0.29, 0.717) is 11.1 Å². The fourth-order valence-electron chi connectivity index (χ4n) is 1.98. The van der Waals surface area contributed by atoms with Gasteiger partial charge in [0, 0.05) is 12.0 Å². The molecule has 0 spiro atoms. The summed E-state index contributed by atoms with van der Waals surface area (Å²) in [6, 6.07) is 7.09. The summed E-state index contributed by atoms with van der Waals surface area (Å²) in [7, 11) is 0. The minimum Gasteiger partial charge on any atom is -0.388 e. The van der Waals surface area contributed by atoms with Gasteiger partial charge in [0.25, 0.3) is 0 Å². The van der Waals surface area contributed by atoms with Crippen LogP contribution in [0.3, 0.4) is 0 Å². The summed E-state index contributed by atoms with van der Waals surface area (Å²) in [6.07, 6.45) is -1.06. The predicted octanol–water partition coefficient (Wildman–Crippen LogP) is 3.69. The molecule has 2 rings (SSSR count). The fraction of sp³-hybridized carbons (Fsp3) is 0.200. The second-order valence-corrected chi connectivity index (χ2v) is 4.46. The SMILES string of the molecule is Cc1cc(F)ccc1CC(O)c1cc(F)ccc1F. The van der Waals surface area contributed by atoms with Crippen molar-refractivity contribution in [1.82, 2.24) is 0 Å². The molecule has 2 aromatic rings. The van der Waals surface area contributed by atoms with E-state index < -0.39 is 17.7 Å². The van der Waals surface area contributed by atoms with Crippen molar-refractivity contribution >= 4 is 0 Å². The maximum atomic E-state index is 13.5. The summed E-state index contributed by atoms with van der Waals surface area (Å²) in [5.74, 6) is -1.63. The van der Waals surface area contributed by atoms with Crippen LogP contribution in [-0.2, 0) is 6.42 Å². The smallest absolute Gasteiger partial charge is 0.129 e. The van der Waals surface area contributed by atoms with E-state index in [1.54, 1.807) is 6.92 Å². The van der Waals surface area contributed by atoms with Crippen molar-refractivity contribution in [3.8, 4) is 0 Å². The third-order valence-electron chi connectivity index (χ3n) is 3.03. The largest absolute Gasteiger partial charge is 0.388 e. The number of aliphatic hydroxyl groups is 1. The Bertz CT molecular complexity index is 596. The van der Waals surface area contributed by atoms with Crippen molar-refractivity contribution < 1.29 is 18.3 Å². The Morgan fingerprint density at radius 1 is 1.00 bits per heavy atom. The molecule has 100 valence electrons. The third-order valence-corrected chi connectivity index (χ3v) is 3.03. The normalized spacial score (nSPS) is 12.5. The van der Waals surface area contributed by atoms with Crippen LogP contribution in [0.15, 0.2) is 36.4 Å². The van der Waals surface area contributed by atoms with Gasteiger partial charge in [-0.25, -0.2) is 13.2 Å². The number of hydrogen-bond acceptors (Lipinski definition) is 1. The lowest BCUT2D eigenvalue weighted by atomic mass is 9.98. The van der Waals surface area contributed by atoms with E-state index >= 15 is 0 Å². The van der Waals surface area contributed by atoms with Crippen LogP contribution in [0.2, 0.25) is 0 Å². The summed E-state index contributed by atoms with van der Waals surface area (Å²) in [4.78, 5) is 0. The summed E-state index contributed by atoms with van der Waals surface area (Å²) in [5, 5.41) is 9.97. The molecule has 0 aromatic heterocycles. The van der Waals surface area contributed by atoms with Crippen LogP contribution in [0.5, 0.6) is 0 Å². The van der Waals surface area contributed by atoms with E-state index in [1.165, 1.54) is 18.2 Å². The Morgan fingerprint density at radius 3 is 2.32 bits per heavy atom. The fourth-order valence-corrected chi connectivity index (χ4v) is 1.98. The number of halogens is 3. The van der Waals surface area contributed by atoms with Crippen LogP contribution in [0.4, 0.5) is 13.2 Å². The average molecular weight is 266 g/mol. The van der Waals surface area contributed by atoms with E-state index in [4.69, 9.17) is 0 Å². The average Bonchev–Trinajstić information content (AvgIpc) is 2.35. The van der Waals surface area contributed by atoms with Gasteiger partial charge in [-0.05, 0) is 48.4 Å². The third kappa shape index (κ3) is 3.15. The Morgan fingerprint density at radius 2 is 1.63 bits per heavy atom. The van der Waals surface area contributed by atoms with Crippen LogP contribution in [0.25, 0.3) is 0 Å². The van der Waals surface area contributed by atoms with Crippen LogP contribution >= 0.6 is 0 Å². The Hall–Kier alpha value is -1.81. The van der Waals surface area contributed by atoms with Gasteiger partial charge in [-0.3, -0.25) is 0 Å². The summed E-state index contributed by atoms with van der Waals surface area (Å²) >= 11 is 0. The predicted molar refractivity (Wildman–Crippen MR) is 66.2 cm³/mol. The second kappa shape index (κ2) is 5.45. The first-order chi connectivity index (χ1) is 8.97. The molecule has 0 aliphatic heterocycles. The molecule has 0 heterocycles. The zero-order chi connectivity index (χ0) is 14.0. The van der Waals surface area contributed by atoms with E-state index in [9.17, 15) is 18.3 Å². The highest BCUT2D eigenvalue weighted by Crippen LogP contribution is 2.23. The summed E-state index contributed by atoms with van der Waals surface area (Å²) in [5.41, 5.74) is 1.26. The minimum atomic E-state index is -1.17. The van der Waals surface area contributed by atoms with Crippen molar-refractivity contribution in [3.63, 3.8) is 0 Å². The van der Waals surface area contributed by atoms with Crippen molar-refractivity contribution in [2.24, 2.45) is 0 Å². The molecule has 0 amide bonds. The zero-order valence-corrected chi connectivity index (χ0v) is 10.3. The monoisotopic (exact) mass is 266 g/mol. The lowest BCUT2D eigenvalue weighted by molar-refractivity contribution is 0.173. The molecule has 1 atom stereocenters. The molecule has 0 bridgehead atoms. The number of aryl methyl sites for hydroxylation is 1. The van der Waals surface area contributed by atoms with Crippen molar-refractivity contribution in [2.75, 3.05) is 0 Å². The van der Waals surface area contributed by atoms with Gasteiger partial charge < -0.3 is 5.11 Å². The molecule has 1 N–H and O–H groups in total. The van der Waals surface area contributed by atoms with Gasteiger partial charge >= 0.3 is 0 Å². The second-order valence-electron chi connectivity index (χ2n) is 4.46. The highest BCUT2D eigenvalue weighted by atomic mass is 19.1. The van der Waals surface area contributed by atoms with Crippen LogP contribution in [0, 0.1) is 24.4 Å². The molecule has 0 aliphatic carbocycles. The summed E-state index contributed by atoms with van der Waals surface area (Å²) < 4.78 is 39.5. The number of benzene rings is 2. The highest BCUT2D eigenvalue weighted by molar-refractivity contribution is 5.29. The zero-order valence-electron chi connectivity index (χ0n) is 10.3. The molecule has 1 unspecified atom stereocenters. The molecule has 0 radical (unpaired) electrons. The van der Waals surface area contributed by atoms with Crippen molar-refractivity contribution in [2.45, 2.75) is 19.4 Å². The summed E-state index contributed by atoms with van der Waals surface area (Å²) in [6.45, 7) is 1.70. The standard InChI is InChI=1S/C15H13F3O/c1-9-6-11(16)3-2-10(9)7-15(19)13-8-12(17)4-5-14(13)18/h2-6,8,15,19H,7H2,1H3. The number of hydrogen-bond donors (Lipinski definition) is 1.